The van der Waals surface area contributed by atoms with Crippen LogP contribution < -0.4 is 10.3 Å². The van der Waals surface area contributed by atoms with E-state index >= 15 is 0 Å². The summed E-state index contributed by atoms with van der Waals surface area (Å²) in [6, 6.07) is 7.23. The fourth-order valence-corrected chi connectivity index (χ4v) is 4.89. The van der Waals surface area contributed by atoms with Crippen molar-refractivity contribution < 1.29 is 19.4 Å². The first-order valence-corrected chi connectivity index (χ1v) is 10.7. The van der Waals surface area contributed by atoms with Gasteiger partial charge in [0.1, 0.15) is 23.7 Å². The molecule has 0 saturated carbocycles. The summed E-state index contributed by atoms with van der Waals surface area (Å²) < 4.78 is 12.5. The molecule has 164 valence electrons. The Morgan fingerprint density at radius 2 is 2.09 bits per heavy atom. The summed E-state index contributed by atoms with van der Waals surface area (Å²) in [6.07, 6.45) is 1.07. The van der Waals surface area contributed by atoms with E-state index in [0.717, 1.165) is 34.1 Å². The average molecular weight is 432 g/mol. The molecule has 1 aromatic carbocycles. The van der Waals surface area contributed by atoms with Crippen LogP contribution in [0.1, 0.15) is 49.4 Å². The van der Waals surface area contributed by atoms with Crippen molar-refractivity contribution in [2.45, 2.75) is 52.4 Å². The van der Waals surface area contributed by atoms with Crippen molar-refractivity contribution in [2.24, 2.45) is 0 Å². The van der Waals surface area contributed by atoms with Crippen LogP contribution in [-0.2, 0) is 34.7 Å². The van der Waals surface area contributed by atoms with E-state index < -0.39 is 5.60 Å². The molecule has 7 nitrogen and oxygen atoms in total. The van der Waals surface area contributed by atoms with Crippen LogP contribution in [0.4, 0.5) is 0 Å². The van der Waals surface area contributed by atoms with E-state index in [1.807, 2.05) is 25.1 Å². The van der Waals surface area contributed by atoms with Gasteiger partial charge in [0.05, 0.1) is 29.0 Å². The van der Waals surface area contributed by atoms with Gasteiger partial charge in [-0.2, -0.15) is 0 Å². The minimum atomic E-state index is -1.41. The van der Waals surface area contributed by atoms with Crippen LogP contribution >= 0.6 is 0 Å². The molecule has 3 aromatic rings. The van der Waals surface area contributed by atoms with Gasteiger partial charge in [0.2, 0.25) is 0 Å². The maximum absolute atomic E-state index is 13.4. The summed E-state index contributed by atoms with van der Waals surface area (Å²) in [5, 5.41) is 12.1. The quantitative estimate of drug-likeness (QED) is 0.393. The first-order valence-electron chi connectivity index (χ1n) is 10.7. The highest BCUT2D eigenvalue weighted by atomic mass is 16.5. The third-order valence-corrected chi connectivity index (χ3v) is 6.56. The second-order valence-electron chi connectivity index (χ2n) is 8.28. The van der Waals surface area contributed by atoms with Crippen LogP contribution in [0, 0.1) is 0 Å². The molecule has 2 aliphatic rings. The van der Waals surface area contributed by atoms with Crippen LogP contribution in [0.25, 0.3) is 22.3 Å². The number of esters is 1. The second-order valence-corrected chi connectivity index (χ2v) is 8.28. The Balaban J connectivity index is 1.76. The predicted octanol–water partition coefficient (Wildman–Crippen LogP) is 3.55. The smallest absolute Gasteiger partial charge is 0.308 e. The molecule has 0 amide bonds. The number of pyridine rings is 2. The van der Waals surface area contributed by atoms with Gasteiger partial charge in [-0.15, -0.1) is 0 Å². The first kappa shape index (κ1) is 20.5. The molecule has 2 aliphatic heterocycles. The molecular formula is C25H24N2O5. The van der Waals surface area contributed by atoms with Gasteiger partial charge < -0.3 is 19.1 Å². The number of aryl methyl sites for hydroxylation is 1. The number of carbonyl (C=O) groups excluding carboxylic acids is 1. The van der Waals surface area contributed by atoms with Crippen LogP contribution in [0.15, 0.2) is 41.4 Å². The van der Waals surface area contributed by atoms with E-state index in [2.05, 4.69) is 13.5 Å². The number of nitrogens with zero attached hydrogens (tertiary/aromatic N) is 2. The van der Waals surface area contributed by atoms with Gasteiger partial charge in [0.25, 0.3) is 5.56 Å². The molecule has 5 rings (SSSR count). The highest BCUT2D eigenvalue weighted by molar-refractivity contribution is 5.89. The van der Waals surface area contributed by atoms with E-state index in [0.29, 0.717) is 35.5 Å². The van der Waals surface area contributed by atoms with E-state index in [1.54, 1.807) is 10.6 Å². The van der Waals surface area contributed by atoms with E-state index in [4.69, 9.17) is 14.5 Å². The molecule has 0 saturated heterocycles. The summed E-state index contributed by atoms with van der Waals surface area (Å²) in [4.78, 5) is 29.7. The molecule has 7 heteroatoms. The van der Waals surface area contributed by atoms with Gasteiger partial charge in [-0.25, -0.2) is 4.98 Å². The maximum atomic E-state index is 13.4. The van der Waals surface area contributed by atoms with E-state index in [-0.39, 0.29) is 23.9 Å². The monoisotopic (exact) mass is 432 g/mol. The number of benzene rings is 1. The van der Waals surface area contributed by atoms with Crippen molar-refractivity contribution in [3.8, 4) is 17.1 Å². The molecule has 0 bridgehead atoms. The van der Waals surface area contributed by atoms with Crippen molar-refractivity contribution in [1.29, 1.82) is 0 Å². The third kappa shape index (κ3) is 2.74. The number of rotatable bonds is 3. The van der Waals surface area contributed by atoms with Crippen LogP contribution in [0.2, 0.25) is 0 Å². The molecular weight excluding hydrogens is 408 g/mol. The zero-order valence-corrected chi connectivity index (χ0v) is 18.3. The molecule has 0 spiro atoms. The lowest BCUT2D eigenvalue weighted by Crippen LogP contribution is -2.38. The topological polar surface area (TPSA) is 90.7 Å². The number of hydrogen-bond acceptors (Lipinski definition) is 6. The predicted molar refractivity (Wildman–Crippen MR) is 119 cm³/mol. The largest absolute Gasteiger partial charge is 0.490 e. The number of ether oxygens (including phenoxy) is 2. The van der Waals surface area contributed by atoms with Crippen molar-refractivity contribution in [3.63, 3.8) is 0 Å². The first-order chi connectivity index (χ1) is 15.3. The van der Waals surface area contributed by atoms with Gasteiger partial charge in [-0.1, -0.05) is 20.4 Å². The molecule has 2 aromatic heterocycles. The van der Waals surface area contributed by atoms with Crippen LogP contribution in [-0.4, -0.2) is 20.6 Å². The summed E-state index contributed by atoms with van der Waals surface area (Å²) in [6.45, 7) is 9.61. The standard InChI is InChI=1S/C25H24N2O5/c1-5-16-17-9-15(32-14(4)28)7-8-21(17)26-23-18(16)11-27-22(23)10-20-19(24(27)29)12-31-13(3)25(20,30)6-2/h7-10,30H,3,5-6,11-12H2,1-2,4H3/t25-/m1/s1. The Labute approximate surface area is 184 Å². The number of aliphatic hydroxyl groups is 1. The molecule has 0 aliphatic carbocycles. The second kappa shape index (κ2) is 7.03. The summed E-state index contributed by atoms with van der Waals surface area (Å²) >= 11 is 0. The minimum Gasteiger partial charge on any atom is -0.490 e. The van der Waals surface area contributed by atoms with E-state index in [9.17, 15) is 14.7 Å². The molecule has 0 unspecified atom stereocenters. The molecule has 4 heterocycles. The van der Waals surface area contributed by atoms with Gasteiger partial charge in [-0.3, -0.25) is 9.59 Å². The lowest BCUT2D eigenvalue weighted by Gasteiger charge is -2.35. The molecule has 1 N–H and O–H groups in total. The van der Waals surface area contributed by atoms with Crippen LogP contribution in [0.5, 0.6) is 5.75 Å². The lowest BCUT2D eigenvalue weighted by atomic mass is 9.84. The van der Waals surface area contributed by atoms with Crippen molar-refractivity contribution >= 4 is 16.9 Å². The van der Waals surface area contributed by atoms with Gasteiger partial charge >= 0.3 is 5.97 Å². The maximum Gasteiger partial charge on any atom is 0.308 e. The van der Waals surface area contributed by atoms with E-state index in [1.165, 1.54) is 6.92 Å². The Hall–Kier alpha value is -3.45. The fraction of sp³-hybridized carbons (Fsp3) is 0.320. The fourth-order valence-electron chi connectivity index (χ4n) is 4.89. The van der Waals surface area contributed by atoms with Crippen molar-refractivity contribution in [3.05, 3.63) is 69.2 Å². The molecule has 32 heavy (non-hydrogen) atoms. The zero-order valence-electron chi connectivity index (χ0n) is 18.3. The number of fused-ring (bicyclic) bond motifs is 5. The minimum absolute atomic E-state index is 0.0910. The molecule has 0 radical (unpaired) electrons. The van der Waals surface area contributed by atoms with Crippen LogP contribution in [0.3, 0.4) is 0 Å². The molecule has 1 atom stereocenters. The average Bonchev–Trinajstić information content (AvgIpc) is 3.13. The van der Waals surface area contributed by atoms with Gasteiger partial charge in [0, 0.05) is 23.4 Å². The summed E-state index contributed by atoms with van der Waals surface area (Å²) in [5.74, 6) is 0.343. The van der Waals surface area contributed by atoms with Gasteiger partial charge in [-0.05, 0) is 42.7 Å². The summed E-state index contributed by atoms with van der Waals surface area (Å²) in [7, 11) is 0. The number of carbonyl (C=O) groups is 1. The van der Waals surface area contributed by atoms with Crippen molar-refractivity contribution in [2.75, 3.05) is 0 Å². The normalized spacial score (nSPS) is 18.7. The zero-order chi connectivity index (χ0) is 22.8. The Morgan fingerprint density at radius 1 is 1.31 bits per heavy atom. The lowest BCUT2D eigenvalue weighted by molar-refractivity contribution is -0.131. The Morgan fingerprint density at radius 3 is 2.78 bits per heavy atom. The highest BCUT2D eigenvalue weighted by Crippen LogP contribution is 2.43. The number of aromatic nitrogens is 2. The summed E-state index contributed by atoms with van der Waals surface area (Å²) in [5.41, 5.74) is 3.63. The number of hydrogen-bond donors (Lipinski definition) is 1. The van der Waals surface area contributed by atoms with Crippen molar-refractivity contribution in [1.82, 2.24) is 9.55 Å². The molecule has 0 fully saturated rings. The highest BCUT2D eigenvalue weighted by Gasteiger charge is 2.41. The third-order valence-electron chi connectivity index (χ3n) is 6.56. The van der Waals surface area contributed by atoms with Gasteiger partial charge in [0.15, 0.2) is 0 Å². The SMILES string of the molecule is C=C1OCc2c(cc3n(c2=O)Cc2c-3nc3ccc(OC(C)=O)cc3c2CC)[C@@]1(O)CC. The Bertz CT molecular complexity index is 1390. The Kier molecular flexibility index (Phi) is 4.49.